The van der Waals surface area contributed by atoms with Gasteiger partial charge < -0.3 is 14.4 Å². The van der Waals surface area contributed by atoms with Crippen molar-refractivity contribution in [2.45, 2.75) is 19.5 Å². The number of fused-ring (bicyclic) bond motifs is 9. The average molecular weight is 698 g/mol. The molecule has 1 atom stereocenters. The quantitative estimate of drug-likeness (QED) is 0.169. The molecule has 7 heteroatoms. The third-order valence-corrected chi connectivity index (χ3v) is 12.1. The van der Waals surface area contributed by atoms with E-state index in [1.807, 2.05) is 12.1 Å². The number of pyridine rings is 1. The molecule has 0 fully saturated rings. The van der Waals surface area contributed by atoms with E-state index in [2.05, 4.69) is 177 Å². The Hall–Kier alpha value is -7.12. The van der Waals surface area contributed by atoms with Crippen LogP contribution < -0.4 is 28.5 Å². The minimum absolute atomic E-state index is 0.826. The van der Waals surface area contributed by atoms with Crippen molar-refractivity contribution in [3.8, 4) is 50.9 Å². The van der Waals surface area contributed by atoms with E-state index >= 15 is 0 Å². The van der Waals surface area contributed by atoms with Crippen molar-refractivity contribution in [1.29, 1.82) is 0 Å². The number of hydrogen-bond donors (Lipinski definition) is 0. The van der Waals surface area contributed by atoms with E-state index in [1.165, 1.54) is 39.2 Å². The number of anilines is 6. The number of benzene rings is 6. The summed E-state index contributed by atoms with van der Waals surface area (Å²) in [5.41, 5.74) is 15.1. The Morgan fingerprint density at radius 2 is 1.06 bits per heavy atom. The van der Waals surface area contributed by atoms with Gasteiger partial charge >= 0.3 is 5.66 Å². The van der Waals surface area contributed by atoms with Gasteiger partial charge in [0.05, 0.1) is 28.8 Å². The van der Waals surface area contributed by atoms with Crippen molar-refractivity contribution in [1.82, 2.24) is 4.68 Å². The number of rotatable bonds is 2. The smallest absolute Gasteiger partial charge is 0.394 e. The van der Waals surface area contributed by atoms with Crippen LogP contribution in [0.1, 0.15) is 22.5 Å². The summed E-state index contributed by atoms with van der Waals surface area (Å²) in [6, 6.07) is 51.7. The fourth-order valence-corrected chi connectivity index (χ4v) is 10.1. The number of ether oxygens (including phenoxy) is 2. The zero-order chi connectivity index (χ0) is 35.4. The monoisotopic (exact) mass is 697 g/mol. The molecule has 0 saturated heterocycles. The molecule has 5 aliphatic heterocycles. The van der Waals surface area contributed by atoms with Crippen molar-refractivity contribution in [2.75, 3.05) is 9.80 Å². The topological polar surface area (TPSA) is 37.6 Å². The third kappa shape index (κ3) is 3.14. The highest BCUT2D eigenvalue weighted by molar-refractivity contribution is 6.00. The Morgan fingerprint density at radius 3 is 1.80 bits per heavy atom. The zero-order valence-electron chi connectivity index (χ0n) is 29.5. The Morgan fingerprint density at radius 1 is 0.481 bits per heavy atom. The molecule has 7 nitrogen and oxygen atoms in total. The molecule has 254 valence electrons. The second kappa shape index (κ2) is 9.65. The molecule has 1 spiro atoms. The Bertz CT molecular complexity index is 2990. The summed E-state index contributed by atoms with van der Waals surface area (Å²) in [6.45, 7) is 4.55. The maximum Gasteiger partial charge on any atom is 0.394 e. The van der Waals surface area contributed by atoms with Crippen LogP contribution in [-0.4, -0.2) is 4.68 Å². The first-order chi connectivity index (χ1) is 26.6. The average Bonchev–Trinajstić information content (AvgIpc) is 3.68. The minimum Gasteiger partial charge on any atom is -0.453 e. The Balaban J connectivity index is 1.18. The molecule has 0 aliphatic carbocycles. The van der Waals surface area contributed by atoms with Crippen LogP contribution >= 0.6 is 0 Å². The maximum atomic E-state index is 6.84. The highest BCUT2D eigenvalue weighted by Gasteiger charge is 2.72. The Labute approximate surface area is 311 Å². The highest BCUT2D eigenvalue weighted by atomic mass is 16.5. The predicted molar refractivity (Wildman–Crippen MR) is 208 cm³/mol. The highest BCUT2D eigenvalue weighted by Crippen LogP contribution is 2.67. The summed E-state index contributed by atoms with van der Waals surface area (Å²) >= 11 is 0. The van der Waals surface area contributed by atoms with Crippen LogP contribution in [0, 0.1) is 13.8 Å². The van der Waals surface area contributed by atoms with Gasteiger partial charge in [0, 0.05) is 13.0 Å². The van der Waals surface area contributed by atoms with Crippen LogP contribution in [0.25, 0.3) is 27.9 Å². The third-order valence-electron chi connectivity index (χ3n) is 12.1. The van der Waals surface area contributed by atoms with Gasteiger partial charge in [-0.2, -0.15) is 9.47 Å². The van der Waals surface area contributed by atoms with Crippen molar-refractivity contribution < 1.29 is 18.7 Å². The number of hydrogen-bond acceptors (Lipinski definition) is 4. The number of aromatic nitrogens is 3. The predicted octanol–water partition coefficient (Wildman–Crippen LogP) is 10.4. The molecule has 7 heterocycles. The van der Waals surface area contributed by atoms with Crippen LogP contribution in [0.15, 0.2) is 152 Å². The van der Waals surface area contributed by atoms with Crippen molar-refractivity contribution in [3.05, 3.63) is 174 Å². The van der Waals surface area contributed by atoms with E-state index in [-0.39, 0.29) is 0 Å². The maximum absolute atomic E-state index is 6.84. The fourth-order valence-electron chi connectivity index (χ4n) is 10.1. The van der Waals surface area contributed by atoms with E-state index in [9.17, 15) is 0 Å². The molecular formula is C47H31N5O2+2. The van der Waals surface area contributed by atoms with Gasteiger partial charge in [0.15, 0.2) is 39.9 Å². The summed E-state index contributed by atoms with van der Waals surface area (Å²) in [6.07, 6.45) is 2.25. The summed E-state index contributed by atoms with van der Waals surface area (Å²) in [5.74, 6) is 4.41. The van der Waals surface area contributed by atoms with Crippen LogP contribution in [-0.2, 0) is 5.66 Å². The molecule has 0 bridgehead atoms. The van der Waals surface area contributed by atoms with Gasteiger partial charge in [0.2, 0.25) is 5.69 Å². The second-order valence-corrected chi connectivity index (χ2v) is 14.6. The molecule has 5 aliphatic rings. The van der Waals surface area contributed by atoms with Gasteiger partial charge in [-0.15, -0.1) is 4.68 Å². The van der Waals surface area contributed by atoms with Crippen LogP contribution in [0.4, 0.5) is 34.3 Å². The first-order valence-electron chi connectivity index (χ1n) is 18.5. The van der Waals surface area contributed by atoms with E-state index in [0.29, 0.717) is 0 Å². The second-order valence-electron chi connectivity index (χ2n) is 14.6. The first kappa shape index (κ1) is 28.5. The van der Waals surface area contributed by atoms with Gasteiger partial charge in [-0.1, -0.05) is 89.6 Å². The fraction of sp³-hybridized carbons (Fsp3) is 0.0638. The molecule has 2 aromatic heterocycles. The van der Waals surface area contributed by atoms with Gasteiger partial charge in [-0.05, 0) is 78.2 Å². The van der Waals surface area contributed by atoms with Crippen LogP contribution in [0.3, 0.4) is 0 Å². The van der Waals surface area contributed by atoms with Crippen molar-refractivity contribution in [2.24, 2.45) is 0 Å². The summed E-state index contributed by atoms with van der Waals surface area (Å²) in [5, 5.41) is 0. The standard InChI is InChI=1S/C47H31N5O2/c1-28-42(32-21-19-31(20-22-32)30-12-4-3-5-13-30)29(2)52-47-43-35(49-33-14-6-8-16-37(33)53-39-26-24-36(51(28)52)44(47)45(39)49)23-25-40-46(43)50(41-18-10-11-27-48(41)47)34-15-7-9-17-38(34)54-40/h3-27H,1-2H3/q+2. The molecule has 0 amide bonds. The Kier molecular flexibility index (Phi) is 5.08. The minimum atomic E-state index is -0.826. The van der Waals surface area contributed by atoms with Crippen molar-refractivity contribution >= 4 is 34.3 Å². The lowest BCUT2D eigenvalue weighted by molar-refractivity contribution is -0.993. The van der Waals surface area contributed by atoms with E-state index in [4.69, 9.17) is 9.47 Å². The summed E-state index contributed by atoms with van der Waals surface area (Å²) < 4.78 is 21.1. The number of nitrogens with zero attached hydrogens (tertiary/aromatic N) is 5. The largest absolute Gasteiger partial charge is 0.453 e. The molecule has 0 N–H and O–H groups in total. The summed E-state index contributed by atoms with van der Waals surface area (Å²) in [4.78, 5) is 4.83. The van der Waals surface area contributed by atoms with E-state index in [0.717, 1.165) is 68.5 Å². The summed E-state index contributed by atoms with van der Waals surface area (Å²) in [7, 11) is 0. The van der Waals surface area contributed by atoms with Gasteiger partial charge in [-0.25, -0.2) is 0 Å². The molecule has 54 heavy (non-hydrogen) atoms. The van der Waals surface area contributed by atoms with Gasteiger partial charge in [-0.3, -0.25) is 0 Å². The molecule has 0 saturated carbocycles. The molecule has 8 aromatic rings. The first-order valence-corrected chi connectivity index (χ1v) is 18.5. The molecule has 6 aromatic carbocycles. The van der Waals surface area contributed by atoms with Gasteiger partial charge in [0.25, 0.3) is 5.82 Å². The molecule has 1 unspecified atom stereocenters. The van der Waals surface area contributed by atoms with Crippen LogP contribution in [0.5, 0.6) is 23.0 Å². The van der Waals surface area contributed by atoms with E-state index in [1.54, 1.807) is 0 Å². The molecule has 13 rings (SSSR count). The normalized spacial score (nSPS) is 16.6. The zero-order valence-corrected chi connectivity index (χ0v) is 29.5. The van der Waals surface area contributed by atoms with Crippen molar-refractivity contribution in [3.63, 3.8) is 0 Å². The number of para-hydroxylation sites is 4. The van der Waals surface area contributed by atoms with Gasteiger partial charge in [0.1, 0.15) is 16.9 Å². The lowest BCUT2D eigenvalue weighted by Crippen LogP contribution is -2.78. The van der Waals surface area contributed by atoms with E-state index < -0.39 is 5.66 Å². The van der Waals surface area contributed by atoms with Crippen LogP contribution in [0.2, 0.25) is 0 Å². The molecular weight excluding hydrogens is 667 g/mol. The molecule has 0 radical (unpaired) electrons. The SMILES string of the molecule is Cc1c(-c2ccc(-c3ccccc3)cc2)c(C)[n+]2n1-c1ccc3c4c1C21c2c(ccc5c2N(c2ccccc2O5)c2cccc[n+]21)N4c1ccccc1O3. The lowest BCUT2D eigenvalue weighted by Gasteiger charge is -2.44. The lowest BCUT2D eigenvalue weighted by atomic mass is 9.79.